The van der Waals surface area contributed by atoms with Gasteiger partial charge in [-0.2, -0.15) is 0 Å². The van der Waals surface area contributed by atoms with Crippen LogP contribution in [0.1, 0.15) is 36.8 Å². The Kier molecular flexibility index (Phi) is 8.27. The quantitative estimate of drug-likeness (QED) is 0.295. The lowest BCUT2D eigenvalue weighted by Crippen LogP contribution is -2.42. The number of carbonyl (C=O) groups is 3. The Bertz CT molecular complexity index is 1400. The molecule has 196 valence electrons. The molecule has 2 heterocycles. The molecule has 3 amide bonds. The molecular weight excluding hydrogens is 543 g/mol. The molecule has 2 saturated heterocycles. The van der Waals surface area contributed by atoms with Crippen LogP contribution in [0.5, 0.6) is 5.75 Å². The lowest BCUT2D eigenvalue weighted by molar-refractivity contribution is -0.135. The SMILES string of the molecule is O=C(CN1C(=O)SC(=Cc2cc(Cl)c(OCc3cccc4ccccc34)c(Cl)c2)C1=O)N1CCCCCC1. The molecule has 0 spiro atoms. The highest BCUT2D eigenvalue weighted by Crippen LogP contribution is 2.38. The lowest BCUT2D eigenvalue weighted by atomic mass is 10.1. The van der Waals surface area contributed by atoms with Gasteiger partial charge in [-0.15, -0.1) is 0 Å². The van der Waals surface area contributed by atoms with Gasteiger partial charge in [0.1, 0.15) is 13.2 Å². The number of likely N-dealkylation sites (tertiary alicyclic amines) is 1. The largest absolute Gasteiger partial charge is 0.486 e. The van der Waals surface area contributed by atoms with Crippen molar-refractivity contribution in [2.75, 3.05) is 19.6 Å². The zero-order valence-corrected chi connectivity index (χ0v) is 23.0. The van der Waals surface area contributed by atoms with Crippen molar-refractivity contribution in [3.05, 3.63) is 80.7 Å². The first-order valence-corrected chi connectivity index (χ1v) is 14.1. The predicted octanol–water partition coefficient (Wildman–Crippen LogP) is 7.16. The average Bonchev–Trinajstić information content (AvgIpc) is 3.09. The third kappa shape index (κ3) is 5.85. The number of halogens is 2. The normalized spacial score (nSPS) is 17.4. The monoisotopic (exact) mass is 568 g/mol. The lowest BCUT2D eigenvalue weighted by Gasteiger charge is -2.22. The number of ether oxygens (including phenoxy) is 1. The van der Waals surface area contributed by atoms with Crippen LogP contribution in [-0.4, -0.2) is 46.5 Å². The maximum absolute atomic E-state index is 13.0. The fourth-order valence-electron chi connectivity index (χ4n) is 4.71. The Balaban J connectivity index is 1.28. The van der Waals surface area contributed by atoms with Crippen LogP contribution in [0.3, 0.4) is 0 Å². The van der Waals surface area contributed by atoms with Gasteiger partial charge >= 0.3 is 0 Å². The first kappa shape index (κ1) is 26.6. The molecule has 6 nitrogen and oxygen atoms in total. The summed E-state index contributed by atoms with van der Waals surface area (Å²) in [5, 5.41) is 2.32. The van der Waals surface area contributed by atoms with E-state index in [2.05, 4.69) is 0 Å². The van der Waals surface area contributed by atoms with Gasteiger partial charge in [0.25, 0.3) is 11.1 Å². The predicted molar refractivity (Wildman–Crippen MR) is 152 cm³/mol. The molecule has 2 aliphatic rings. The van der Waals surface area contributed by atoms with Crippen molar-refractivity contribution in [2.45, 2.75) is 32.3 Å². The van der Waals surface area contributed by atoms with Gasteiger partial charge in [0.05, 0.1) is 15.0 Å². The van der Waals surface area contributed by atoms with E-state index in [4.69, 9.17) is 27.9 Å². The van der Waals surface area contributed by atoms with E-state index < -0.39 is 11.1 Å². The molecule has 2 fully saturated rings. The third-order valence-electron chi connectivity index (χ3n) is 6.70. The Morgan fingerprint density at radius 3 is 2.37 bits per heavy atom. The van der Waals surface area contributed by atoms with E-state index in [9.17, 15) is 14.4 Å². The van der Waals surface area contributed by atoms with Crippen molar-refractivity contribution in [3.63, 3.8) is 0 Å². The van der Waals surface area contributed by atoms with Crippen LogP contribution >= 0.6 is 35.0 Å². The Morgan fingerprint density at radius 1 is 0.947 bits per heavy atom. The van der Waals surface area contributed by atoms with Crippen LogP contribution in [0.15, 0.2) is 59.5 Å². The molecule has 3 aromatic rings. The van der Waals surface area contributed by atoms with Gasteiger partial charge in [0.15, 0.2) is 5.75 Å². The maximum Gasteiger partial charge on any atom is 0.294 e. The molecule has 2 aliphatic heterocycles. The fraction of sp³-hybridized carbons (Fsp3) is 0.276. The molecule has 3 aromatic carbocycles. The minimum absolute atomic E-state index is 0.200. The average molecular weight is 570 g/mol. The Morgan fingerprint density at radius 2 is 1.63 bits per heavy atom. The van der Waals surface area contributed by atoms with Gasteiger partial charge in [0, 0.05) is 13.1 Å². The first-order chi connectivity index (χ1) is 18.4. The first-order valence-electron chi connectivity index (χ1n) is 12.5. The number of rotatable bonds is 6. The Hall–Kier alpha value is -3.00. The summed E-state index contributed by atoms with van der Waals surface area (Å²) in [5.74, 6) is -0.351. The van der Waals surface area contributed by atoms with Gasteiger partial charge < -0.3 is 9.64 Å². The summed E-state index contributed by atoms with van der Waals surface area (Å²) in [7, 11) is 0. The van der Waals surface area contributed by atoms with Crippen molar-refractivity contribution in [2.24, 2.45) is 0 Å². The van der Waals surface area contributed by atoms with E-state index in [0.29, 0.717) is 34.4 Å². The summed E-state index contributed by atoms with van der Waals surface area (Å²) in [4.78, 5) is 41.2. The van der Waals surface area contributed by atoms with Crippen molar-refractivity contribution in [3.8, 4) is 5.75 Å². The summed E-state index contributed by atoms with van der Waals surface area (Å²) in [5.41, 5.74) is 1.56. The minimum atomic E-state index is -0.494. The molecule has 5 rings (SSSR count). The highest BCUT2D eigenvalue weighted by atomic mass is 35.5. The number of hydrogen-bond acceptors (Lipinski definition) is 5. The number of carbonyl (C=O) groups excluding carboxylic acids is 3. The van der Waals surface area contributed by atoms with E-state index >= 15 is 0 Å². The molecule has 0 aromatic heterocycles. The molecule has 0 saturated carbocycles. The van der Waals surface area contributed by atoms with Crippen molar-refractivity contribution >= 4 is 68.9 Å². The number of imide groups is 1. The smallest absolute Gasteiger partial charge is 0.294 e. The number of thioether (sulfide) groups is 1. The molecule has 0 N–H and O–H groups in total. The van der Waals surface area contributed by atoms with Crippen LogP contribution in [-0.2, 0) is 16.2 Å². The van der Waals surface area contributed by atoms with Gasteiger partial charge in [-0.05, 0) is 64.7 Å². The fourth-order valence-corrected chi connectivity index (χ4v) is 6.16. The molecule has 38 heavy (non-hydrogen) atoms. The van der Waals surface area contributed by atoms with Crippen molar-refractivity contribution < 1.29 is 19.1 Å². The highest BCUT2D eigenvalue weighted by Gasteiger charge is 2.37. The van der Waals surface area contributed by atoms with E-state index in [0.717, 1.165) is 58.7 Å². The summed E-state index contributed by atoms with van der Waals surface area (Å²) >= 11 is 13.8. The second kappa shape index (κ2) is 11.8. The number of fused-ring (bicyclic) bond motifs is 1. The Labute approximate surface area is 235 Å². The molecule has 0 aliphatic carbocycles. The summed E-state index contributed by atoms with van der Waals surface area (Å²) < 4.78 is 5.99. The molecule has 9 heteroatoms. The number of benzene rings is 3. The number of hydrogen-bond donors (Lipinski definition) is 0. The van der Waals surface area contributed by atoms with E-state index in [1.807, 2.05) is 42.5 Å². The van der Waals surface area contributed by atoms with E-state index in [1.54, 1.807) is 23.1 Å². The zero-order valence-electron chi connectivity index (χ0n) is 20.6. The minimum Gasteiger partial charge on any atom is -0.486 e. The van der Waals surface area contributed by atoms with Gasteiger partial charge in [0.2, 0.25) is 5.91 Å². The van der Waals surface area contributed by atoms with Crippen molar-refractivity contribution in [1.82, 2.24) is 9.80 Å². The van der Waals surface area contributed by atoms with Gasteiger partial charge in [-0.1, -0.05) is 78.5 Å². The van der Waals surface area contributed by atoms with E-state index in [-0.39, 0.29) is 24.0 Å². The van der Waals surface area contributed by atoms with Crippen molar-refractivity contribution in [1.29, 1.82) is 0 Å². The summed E-state index contributed by atoms with van der Waals surface area (Å²) in [6.07, 6.45) is 5.62. The number of nitrogens with zero attached hydrogens (tertiary/aromatic N) is 2. The molecule has 0 atom stereocenters. The standard InChI is InChI=1S/C29H26Cl2N2O4S/c30-23-14-19(15-24(31)27(23)37-18-21-10-7-9-20-8-3-4-11-22(20)21)16-25-28(35)33(29(36)38-25)17-26(34)32-12-5-1-2-6-13-32/h3-4,7-11,14-16H,1-2,5-6,12-13,17-18H2. The van der Waals surface area contributed by atoms with Crippen LogP contribution in [0.25, 0.3) is 16.8 Å². The maximum atomic E-state index is 13.0. The second-order valence-corrected chi connectivity index (χ2v) is 11.1. The molecule has 0 bridgehead atoms. The van der Waals surface area contributed by atoms with Crippen LogP contribution in [0, 0.1) is 0 Å². The van der Waals surface area contributed by atoms with Crippen LogP contribution in [0.4, 0.5) is 4.79 Å². The highest BCUT2D eigenvalue weighted by molar-refractivity contribution is 8.18. The molecule has 0 radical (unpaired) electrons. The topological polar surface area (TPSA) is 66.9 Å². The van der Waals surface area contributed by atoms with Gasteiger partial charge in [-0.25, -0.2) is 0 Å². The molecule has 0 unspecified atom stereocenters. The van der Waals surface area contributed by atoms with Crippen LogP contribution < -0.4 is 4.74 Å². The van der Waals surface area contributed by atoms with Crippen LogP contribution in [0.2, 0.25) is 10.0 Å². The third-order valence-corrected chi connectivity index (χ3v) is 8.16. The van der Waals surface area contributed by atoms with E-state index in [1.165, 1.54) is 0 Å². The molecular formula is C29H26Cl2N2O4S. The number of amides is 3. The summed E-state index contributed by atoms with van der Waals surface area (Å²) in [6.45, 7) is 1.36. The second-order valence-electron chi connectivity index (χ2n) is 9.30. The zero-order chi connectivity index (χ0) is 26.6. The van der Waals surface area contributed by atoms with Gasteiger partial charge in [-0.3, -0.25) is 19.3 Å². The summed E-state index contributed by atoms with van der Waals surface area (Å²) in [6, 6.07) is 17.3.